The Hall–Kier alpha value is -2.19. The van der Waals surface area contributed by atoms with E-state index in [4.69, 9.17) is 9.47 Å². The van der Waals surface area contributed by atoms with Gasteiger partial charge in [-0.25, -0.2) is 14.6 Å². The molecule has 0 radical (unpaired) electrons. The molecule has 8 heteroatoms. The predicted molar refractivity (Wildman–Crippen MR) is 104 cm³/mol. The molecule has 1 heterocycles. The maximum absolute atomic E-state index is 12.3. The van der Waals surface area contributed by atoms with E-state index in [-0.39, 0.29) is 24.5 Å². The lowest BCUT2D eigenvalue weighted by Gasteiger charge is -2.03. The van der Waals surface area contributed by atoms with Crippen LogP contribution >= 0.6 is 27.3 Å². The summed E-state index contributed by atoms with van der Waals surface area (Å²) >= 11 is 4.38. The number of carbonyl (C=O) groups is 2. The molecule has 0 aliphatic heterocycles. The second kappa shape index (κ2) is 8.95. The molecule has 0 unspecified atom stereocenters. The van der Waals surface area contributed by atoms with Gasteiger partial charge < -0.3 is 14.6 Å². The van der Waals surface area contributed by atoms with E-state index in [0.717, 1.165) is 15.8 Å². The van der Waals surface area contributed by atoms with Crippen molar-refractivity contribution in [2.75, 3.05) is 13.2 Å². The van der Waals surface area contributed by atoms with Crippen LogP contribution in [0.3, 0.4) is 0 Å². The van der Waals surface area contributed by atoms with E-state index < -0.39 is 11.9 Å². The second-order valence-corrected chi connectivity index (χ2v) is 7.05. The minimum absolute atomic E-state index is 0.0496. The highest BCUT2D eigenvalue weighted by Crippen LogP contribution is 2.36. The largest absolute Gasteiger partial charge is 0.507 e. The Bertz CT molecular complexity index is 860. The van der Waals surface area contributed by atoms with E-state index in [0.29, 0.717) is 21.0 Å². The number of thiophene rings is 1. The highest BCUT2D eigenvalue weighted by Gasteiger charge is 2.26. The summed E-state index contributed by atoms with van der Waals surface area (Å²) in [5.74, 6) is -1.01. The number of hydrogen-bond donors (Lipinski definition) is 1. The fourth-order valence-electron chi connectivity index (χ4n) is 2.18. The van der Waals surface area contributed by atoms with Crippen LogP contribution in [0.2, 0.25) is 0 Å². The molecular formula is C18H18BrNO5S. The van der Waals surface area contributed by atoms with Crippen LogP contribution < -0.4 is 0 Å². The molecule has 0 saturated carbocycles. The molecule has 6 nitrogen and oxygen atoms in total. The second-order valence-electron chi connectivity index (χ2n) is 5.14. The lowest BCUT2D eigenvalue weighted by Crippen LogP contribution is -2.08. The zero-order valence-electron chi connectivity index (χ0n) is 14.5. The number of nitrogens with zero attached hydrogens (tertiary/aromatic N) is 1. The number of esters is 2. The van der Waals surface area contributed by atoms with E-state index in [1.165, 1.54) is 12.3 Å². The van der Waals surface area contributed by atoms with Crippen molar-refractivity contribution < 1.29 is 24.2 Å². The number of rotatable bonds is 6. The monoisotopic (exact) mass is 439 g/mol. The Balaban J connectivity index is 2.50. The van der Waals surface area contributed by atoms with E-state index in [1.54, 1.807) is 32.9 Å². The van der Waals surface area contributed by atoms with Crippen molar-refractivity contribution in [3.63, 3.8) is 0 Å². The molecule has 2 rings (SSSR count). The normalized spacial score (nSPS) is 10.9. The Morgan fingerprint density at radius 2 is 1.88 bits per heavy atom. The average molecular weight is 440 g/mol. The Morgan fingerprint density at radius 3 is 2.54 bits per heavy atom. The van der Waals surface area contributed by atoms with Gasteiger partial charge in [-0.3, -0.25) is 0 Å². The molecule has 0 bridgehead atoms. The highest BCUT2D eigenvalue weighted by molar-refractivity contribution is 9.10. The number of hydrogen-bond acceptors (Lipinski definition) is 7. The summed E-state index contributed by atoms with van der Waals surface area (Å²) in [7, 11) is 0. The van der Waals surface area contributed by atoms with Gasteiger partial charge in [0.25, 0.3) is 0 Å². The predicted octanol–water partition coefficient (Wildman–Crippen LogP) is 4.63. The quantitative estimate of drug-likeness (QED) is 0.523. The lowest BCUT2D eigenvalue weighted by molar-refractivity contribution is 0.0527. The minimum atomic E-state index is -0.553. The Kier molecular flexibility index (Phi) is 6.93. The van der Waals surface area contributed by atoms with E-state index in [2.05, 4.69) is 20.9 Å². The first kappa shape index (κ1) is 20.1. The number of aliphatic imine (C=N–C) groups is 1. The van der Waals surface area contributed by atoms with Crippen molar-refractivity contribution in [3.8, 4) is 5.75 Å². The number of halogens is 1. The van der Waals surface area contributed by atoms with Crippen molar-refractivity contribution >= 4 is 50.4 Å². The molecule has 0 saturated heterocycles. The zero-order valence-corrected chi connectivity index (χ0v) is 16.9. The number of benzene rings is 1. The average Bonchev–Trinajstić information content (AvgIpc) is 2.92. The molecule has 1 aromatic heterocycles. The zero-order chi connectivity index (χ0) is 19.3. The first-order valence-corrected chi connectivity index (χ1v) is 9.50. The summed E-state index contributed by atoms with van der Waals surface area (Å²) in [6, 6.07) is 4.92. The van der Waals surface area contributed by atoms with Crippen LogP contribution in [0.4, 0.5) is 5.00 Å². The maximum Gasteiger partial charge on any atom is 0.348 e. The fourth-order valence-corrected chi connectivity index (χ4v) is 3.59. The van der Waals surface area contributed by atoms with Gasteiger partial charge in [0, 0.05) is 16.3 Å². The van der Waals surface area contributed by atoms with Gasteiger partial charge in [-0.2, -0.15) is 0 Å². The van der Waals surface area contributed by atoms with Crippen molar-refractivity contribution in [1.29, 1.82) is 0 Å². The number of phenolic OH excluding ortho intramolecular Hbond substituents is 1. The Labute approximate surface area is 163 Å². The van der Waals surface area contributed by atoms with Gasteiger partial charge in [0.2, 0.25) is 0 Å². The molecule has 0 amide bonds. The summed E-state index contributed by atoms with van der Waals surface area (Å²) < 4.78 is 10.9. The van der Waals surface area contributed by atoms with Gasteiger partial charge in [-0.15, -0.1) is 11.3 Å². The highest BCUT2D eigenvalue weighted by atomic mass is 79.9. The molecule has 138 valence electrons. The van der Waals surface area contributed by atoms with E-state index in [1.807, 2.05) is 0 Å². The molecule has 1 N–H and O–H groups in total. The van der Waals surface area contributed by atoms with Crippen LogP contribution in [0.5, 0.6) is 5.75 Å². The Morgan fingerprint density at radius 1 is 1.23 bits per heavy atom. The summed E-state index contributed by atoms with van der Waals surface area (Å²) in [6.45, 7) is 5.51. The van der Waals surface area contributed by atoms with Crippen LogP contribution in [-0.2, 0) is 9.47 Å². The topological polar surface area (TPSA) is 85.2 Å². The van der Waals surface area contributed by atoms with Gasteiger partial charge in [0.1, 0.15) is 21.2 Å². The molecule has 2 aromatic rings. The smallest absolute Gasteiger partial charge is 0.348 e. The number of ether oxygens (including phenoxy) is 2. The maximum atomic E-state index is 12.3. The van der Waals surface area contributed by atoms with Crippen LogP contribution in [0.1, 0.15) is 45.0 Å². The summed E-state index contributed by atoms with van der Waals surface area (Å²) in [5, 5.41) is 10.2. The summed E-state index contributed by atoms with van der Waals surface area (Å²) in [6.07, 6.45) is 1.43. The SMILES string of the molecule is CCOC(=O)c1sc(N=Cc2cc(Br)ccc2O)c(C(=O)OCC)c1C. The third-order valence-corrected chi connectivity index (χ3v) is 5.05. The van der Waals surface area contributed by atoms with Crippen molar-refractivity contribution in [2.45, 2.75) is 20.8 Å². The van der Waals surface area contributed by atoms with E-state index in [9.17, 15) is 14.7 Å². The van der Waals surface area contributed by atoms with Crippen LogP contribution in [-0.4, -0.2) is 36.5 Å². The van der Waals surface area contributed by atoms with Crippen molar-refractivity contribution in [3.05, 3.63) is 44.2 Å². The van der Waals surface area contributed by atoms with Gasteiger partial charge in [-0.05, 0) is 44.5 Å². The molecular weight excluding hydrogens is 422 g/mol. The van der Waals surface area contributed by atoms with E-state index >= 15 is 0 Å². The summed E-state index contributed by atoms with van der Waals surface area (Å²) in [5.41, 5.74) is 1.17. The summed E-state index contributed by atoms with van der Waals surface area (Å²) in [4.78, 5) is 29.1. The molecule has 26 heavy (non-hydrogen) atoms. The van der Waals surface area contributed by atoms with Crippen LogP contribution in [0, 0.1) is 6.92 Å². The first-order chi connectivity index (χ1) is 12.4. The minimum Gasteiger partial charge on any atom is -0.507 e. The number of carbonyl (C=O) groups excluding carboxylic acids is 2. The molecule has 0 atom stereocenters. The molecule has 0 aliphatic rings. The number of phenols is 1. The first-order valence-electron chi connectivity index (χ1n) is 7.89. The molecule has 0 spiro atoms. The van der Waals surface area contributed by atoms with Crippen LogP contribution in [0.25, 0.3) is 0 Å². The molecule has 0 fully saturated rings. The van der Waals surface area contributed by atoms with Gasteiger partial charge in [0.05, 0.1) is 13.2 Å². The fraction of sp³-hybridized carbons (Fsp3) is 0.278. The van der Waals surface area contributed by atoms with Crippen LogP contribution in [0.15, 0.2) is 27.7 Å². The standard InChI is InChI=1S/C18H18BrNO5S/c1-4-24-17(22)14-10(3)15(18(23)25-5-2)26-16(14)20-9-11-8-12(19)6-7-13(11)21/h6-9,21H,4-5H2,1-3H3. The molecule has 1 aromatic carbocycles. The van der Waals surface area contributed by atoms with Crippen molar-refractivity contribution in [1.82, 2.24) is 0 Å². The lowest BCUT2D eigenvalue weighted by atomic mass is 10.1. The van der Waals surface area contributed by atoms with Gasteiger partial charge in [-0.1, -0.05) is 15.9 Å². The molecule has 0 aliphatic carbocycles. The number of aromatic hydroxyl groups is 1. The third-order valence-electron chi connectivity index (χ3n) is 3.38. The van der Waals surface area contributed by atoms with Gasteiger partial charge >= 0.3 is 11.9 Å². The third kappa shape index (κ3) is 4.50. The van der Waals surface area contributed by atoms with Crippen molar-refractivity contribution in [2.24, 2.45) is 4.99 Å². The van der Waals surface area contributed by atoms with Gasteiger partial charge in [0.15, 0.2) is 0 Å².